The first-order chi connectivity index (χ1) is 11.6. The maximum Gasteiger partial charge on any atom is 0.313 e. The predicted octanol–water partition coefficient (Wildman–Crippen LogP) is 2.81. The molecule has 1 aromatic carbocycles. The molecule has 1 aromatic rings. The van der Waals surface area contributed by atoms with Crippen LogP contribution in [0.1, 0.15) is 43.7 Å². The predicted molar refractivity (Wildman–Crippen MR) is 93.0 cm³/mol. The Balaban J connectivity index is 1.66. The molecule has 0 amide bonds. The molecule has 130 valence electrons. The topological polar surface area (TPSA) is 59.9 Å². The van der Waals surface area contributed by atoms with Crippen LogP contribution in [0.5, 0.6) is 0 Å². The van der Waals surface area contributed by atoms with Crippen molar-refractivity contribution < 1.29 is 14.4 Å². The van der Waals surface area contributed by atoms with Crippen molar-refractivity contribution in [1.82, 2.24) is 5.32 Å². The number of hydrogen-bond donors (Lipinski definition) is 1. The number of ether oxygens (including phenoxy) is 1. The van der Waals surface area contributed by atoms with E-state index in [2.05, 4.69) is 41.7 Å². The summed E-state index contributed by atoms with van der Waals surface area (Å²) in [5.41, 5.74) is 2.79. The van der Waals surface area contributed by atoms with E-state index in [0.29, 0.717) is 19.6 Å². The zero-order valence-corrected chi connectivity index (χ0v) is 14.5. The molecule has 5 heteroatoms. The third-order valence-electron chi connectivity index (χ3n) is 4.92. The molecule has 0 spiro atoms. The SMILES string of the molecule is CCOC(=O)[C@@]1(C[C@@H]2CC(c3ccc(C)cc3)=NO2)CCCNC1. The molecule has 24 heavy (non-hydrogen) atoms. The molecule has 2 aliphatic rings. The summed E-state index contributed by atoms with van der Waals surface area (Å²) in [5, 5.41) is 7.61. The maximum absolute atomic E-state index is 12.5. The van der Waals surface area contributed by atoms with Gasteiger partial charge in [-0.2, -0.15) is 0 Å². The highest BCUT2D eigenvalue weighted by Gasteiger charge is 2.44. The summed E-state index contributed by atoms with van der Waals surface area (Å²) < 4.78 is 5.35. The molecule has 0 aliphatic carbocycles. The first-order valence-electron chi connectivity index (χ1n) is 8.81. The summed E-state index contributed by atoms with van der Waals surface area (Å²) >= 11 is 0. The minimum absolute atomic E-state index is 0.0643. The van der Waals surface area contributed by atoms with E-state index in [1.54, 1.807) is 0 Å². The Morgan fingerprint density at radius 2 is 2.21 bits per heavy atom. The standard InChI is InChI=1S/C19H26N2O3/c1-3-23-18(22)19(9-4-10-20-13-19)12-16-11-17(21-24-16)15-7-5-14(2)6-8-15/h5-8,16,20H,3-4,9-13H2,1-2H3/t16-,19+/m0/s1. The highest BCUT2D eigenvalue weighted by Crippen LogP contribution is 2.36. The van der Waals surface area contributed by atoms with Crippen molar-refractivity contribution in [2.45, 2.75) is 45.6 Å². The van der Waals surface area contributed by atoms with E-state index in [4.69, 9.17) is 9.57 Å². The Labute approximate surface area is 143 Å². The van der Waals surface area contributed by atoms with E-state index in [1.807, 2.05) is 6.92 Å². The summed E-state index contributed by atoms with van der Waals surface area (Å²) in [4.78, 5) is 18.2. The van der Waals surface area contributed by atoms with Crippen molar-refractivity contribution in [3.8, 4) is 0 Å². The number of piperidine rings is 1. The molecular weight excluding hydrogens is 304 g/mol. The number of nitrogens with zero attached hydrogens (tertiary/aromatic N) is 1. The molecule has 2 aliphatic heterocycles. The van der Waals surface area contributed by atoms with Crippen molar-refractivity contribution in [3.05, 3.63) is 35.4 Å². The van der Waals surface area contributed by atoms with E-state index in [0.717, 1.165) is 37.1 Å². The Morgan fingerprint density at radius 3 is 2.88 bits per heavy atom. The van der Waals surface area contributed by atoms with Crippen LogP contribution in [0, 0.1) is 12.3 Å². The van der Waals surface area contributed by atoms with Crippen LogP contribution in [0.25, 0.3) is 0 Å². The van der Waals surface area contributed by atoms with Gasteiger partial charge in [-0.05, 0) is 38.8 Å². The van der Waals surface area contributed by atoms with Gasteiger partial charge in [0.15, 0.2) is 0 Å². The second-order valence-corrected chi connectivity index (χ2v) is 6.82. The van der Waals surface area contributed by atoms with Gasteiger partial charge in [-0.1, -0.05) is 35.0 Å². The van der Waals surface area contributed by atoms with E-state index >= 15 is 0 Å². The number of benzene rings is 1. The van der Waals surface area contributed by atoms with Gasteiger partial charge in [0.1, 0.15) is 6.10 Å². The summed E-state index contributed by atoms with van der Waals surface area (Å²) in [6.45, 7) is 5.95. The van der Waals surface area contributed by atoms with Gasteiger partial charge in [0, 0.05) is 19.4 Å². The average Bonchev–Trinajstić information content (AvgIpc) is 3.05. The lowest BCUT2D eigenvalue weighted by atomic mass is 9.75. The summed E-state index contributed by atoms with van der Waals surface area (Å²) in [6, 6.07) is 8.30. The van der Waals surface area contributed by atoms with Crippen molar-refractivity contribution in [2.24, 2.45) is 10.6 Å². The Kier molecular flexibility index (Phi) is 5.19. The lowest BCUT2D eigenvalue weighted by Gasteiger charge is -2.36. The summed E-state index contributed by atoms with van der Waals surface area (Å²) in [7, 11) is 0. The number of carbonyl (C=O) groups is 1. The highest BCUT2D eigenvalue weighted by atomic mass is 16.6. The molecule has 1 N–H and O–H groups in total. The second kappa shape index (κ2) is 7.34. The molecule has 2 heterocycles. The molecule has 5 nitrogen and oxygen atoms in total. The lowest BCUT2D eigenvalue weighted by Crippen LogP contribution is -2.48. The van der Waals surface area contributed by atoms with Gasteiger partial charge in [0.05, 0.1) is 17.7 Å². The van der Waals surface area contributed by atoms with Crippen LogP contribution in [-0.2, 0) is 14.4 Å². The molecule has 2 atom stereocenters. The summed E-state index contributed by atoms with van der Waals surface area (Å²) in [6.07, 6.45) is 3.16. The quantitative estimate of drug-likeness (QED) is 0.844. The fourth-order valence-corrected chi connectivity index (χ4v) is 3.57. The van der Waals surface area contributed by atoms with Crippen LogP contribution >= 0.6 is 0 Å². The Morgan fingerprint density at radius 1 is 1.42 bits per heavy atom. The van der Waals surface area contributed by atoms with Gasteiger partial charge in [-0.25, -0.2) is 0 Å². The smallest absolute Gasteiger partial charge is 0.313 e. The number of carbonyl (C=O) groups excluding carboxylic acids is 1. The minimum atomic E-state index is -0.489. The largest absolute Gasteiger partial charge is 0.466 e. The zero-order valence-electron chi connectivity index (χ0n) is 14.5. The highest BCUT2D eigenvalue weighted by molar-refractivity contribution is 6.01. The van der Waals surface area contributed by atoms with E-state index in [9.17, 15) is 4.79 Å². The average molecular weight is 330 g/mol. The Hall–Kier alpha value is -1.88. The van der Waals surface area contributed by atoms with Crippen LogP contribution in [0.15, 0.2) is 29.4 Å². The van der Waals surface area contributed by atoms with Crippen LogP contribution in [0.4, 0.5) is 0 Å². The van der Waals surface area contributed by atoms with Crippen molar-refractivity contribution >= 4 is 11.7 Å². The Bertz CT molecular complexity index is 604. The van der Waals surface area contributed by atoms with Crippen molar-refractivity contribution in [2.75, 3.05) is 19.7 Å². The van der Waals surface area contributed by atoms with Crippen LogP contribution in [-0.4, -0.2) is 37.5 Å². The number of esters is 1. The minimum Gasteiger partial charge on any atom is -0.466 e. The summed E-state index contributed by atoms with van der Waals surface area (Å²) in [5.74, 6) is -0.107. The third kappa shape index (κ3) is 3.61. The third-order valence-corrected chi connectivity index (χ3v) is 4.92. The maximum atomic E-state index is 12.5. The van der Waals surface area contributed by atoms with Gasteiger partial charge >= 0.3 is 5.97 Å². The first-order valence-corrected chi connectivity index (χ1v) is 8.81. The molecule has 1 saturated heterocycles. The molecular formula is C19H26N2O3. The number of hydrogen-bond acceptors (Lipinski definition) is 5. The van der Waals surface area contributed by atoms with E-state index in [1.165, 1.54) is 5.56 Å². The molecule has 3 rings (SSSR count). The number of aryl methyl sites for hydroxylation is 1. The fraction of sp³-hybridized carbons (Fsp3) is 0.579. The first kappa shape index (κ1) is 17.0. The van der Waals surface area contributed by atoms with Crippen LogP contribution < -0.4 is 5.32 Å². The van der Waals surface area contributed by atoms with Gasteiger partial charge in [-0.15, -0.1) is 0 Å². The van der Waals surface area contributed by atoms with Gasteiger partial charge in [-0.3, -0.25) is 4.79 Å². The van der Waals surface area contributed by atoms with Crippen LogP contribution in [0.2, 0.25) is 0 Å². The molecule has 0 unspecified atom stereocenters. The lowest BCUT2D eigenvalue weighted by molar-refractivity contribution is -0.159. The van der Waals surface area contributed by atoms with Crippen LogP contribution in [0.3, 0.4) is 0 Å². The second-order valence-electron chi connectivity index (χ2n) is 6.82. The number of rotatable bonds is 5. The number of nitrogens with one attached hydrogen (secondary N) is 1. The molecule has 0 saturated carbocycles. The van der Waals surface area contributed by atoms with Gasteiger partial charge in [0.25, 0.3) is 0 Å². The fourth-order valence-electron chi connectivity index (χ4n) is 3.57. The molecule has 0 radical (unpaired) electrons. The van der Waals surface area contributed by atoms with Crippen molar-refractivity contribution in [1.29, 1.82) is 0 Å². The van der Waals surface area contributed by atoms with Gasteiger partial charge in [0.2, 0.25) is 0 Å². The van der Waals surface area contributed by atoms with E-state index in [-0.39, 0.29) is 12.1 Å². The molecule has 0 aromatic heterocycles. The zero-order chi connectivity index (χ0) is 17.0. The monoisotopic (exact) mass is 330 g/mol. The molecule has 0 bridgehead atoms. The van der Waals surface area contributed by atoms with E-state index < -0.39 is 5.41 Å². The van der Waals surface area contributed by atoms with Crippen molar-refractivity contribution in [3.63, 3.8) is 0 Å². The number of oxime groups is 1. The normalized spacial score (nSPS) is 26.6. The molecule has 1 fully saturated rings. The van der Waals surface area contributed by atoms with Gasteiger partial charge < -0.3 is 14.9 Å².